The standard InChI is InChI=1S/C17H10Br2F4N2O2S/c1-28(26,27)16-12(20)2-8(3-13(16)21)15-7-14(17(22)23)24-25(15)11-5-9(18)4-10(19)6-11/h2-7,17H,1H3. The predicted octanol–water partition coefficient (Wildman–Crippen LogP) is 5.68. The molecule has 0 atom stereocenters. The summed E-state index contributed by atoms with van der Waals surface area (Å²) < 4.78 is 80.5. The van der Waals surface area contributed by atoms with E-state index in [1.165, 1.54) is 0 Å². The van der Waals surface area contributed by atoms with E-state index in [9.17, 15) is 26.0 Å². The quantitative estimate of drug-likeness (QED) is 0.399. The van der Waals surface area contributed by atoms with Crippen molar-refractivity contribution in [2.45, 2.75) is 11.3 Å². The van der Waals surface area contributed by atoms with Crippen LogP contribution in [-0.4, -0.2) is 24.5 Å². The van der Waals surface area contributed by atoms with E-state index in [2.05, 4.69) is 37.0 Å². The van der Waals surface area contributed by atoms with Gasteiger partial charge in [-0.2, -0.15) is 5.10 Å². The van der Waals surface area contributed by atoms with Crippen LogP contribution in [0.15, 0.2) is 50.2 Å². The van der Waals surface area contributed by atoms with Crippen LogP contribution in [0.1, 0.15) is 12.1 Å². The molecule has 2 aromatic carbocycles. The van der Waals surface area contributed by atoms with Gasteiger partial charge in [0.2, 0.25) is 0 Å². The summed E-state index contributed by atoms with van der Waals surface area (Å²) in [5.74, 6) is -2.64. The molecule has 3 rings (SSSR count). The fraction of sp³-hybridized carbons (Fsp3) is 0.118. The van der Waals surface area contributed by atoms with Gasteiger partial charge in [-0.05, 0) is 36.4 Å². The molecule has 0 spiro atoms. The molecule has 4 nitrogen and oxygen atoms in total. The Morgan fingerprint density at radius 2 is 1.50 bits per heavy atom. The molecular weight excluding hydrogens is 532 g/mol. The lowest BCUT2D eigenvalue weighted by atomic mass is 10.1. The van der Waals surface area contributed by atoms with Crippen LogP contribution < -0.4 is 0 Å². The van der Waals surface area contributed by atoms with Crippen LogP contribution >= 0.6 is 31.9 Å². The first kappa shape index (κ1) is 21.0. The zero-order chi connectivity index (χ0) is 20.8. The highest BCUT2D eigenvalue weighted by Crippen LogP contribution is 2.33. The maximum Gasteiger partial charge on any atom is 0.282 e. The number of benzene rings is 2. The van der Waals surface area contributed by atoms with Gasteiger partial charge in [0.25, 0.3) is 6.43 Å². The molecule has 28 heavy (non-hydrogen) atoms. The first-order valence-electron chi connectivity index (χ1n) is 7.51. The summed E-state index contributed by atoms with van der Waals surface area (Å²) in [5, 5.41) is 3.83. The normalized spacial score (nSPS) is 12.0. The SMILES string of the molecule is CS(=O)(=O)c1c(F)cc(-c2cc(C(F)F)nn2-c2cc(Br)cc(Br)c2)cc1F. The van der Waals surface area contributed by atoms with E-state index in [0.717, 1.165) is 22.9 Å². The van der Waals surface area contributed by atoms with Crippen molar-refractivity contribution >= 4 is 41.7 Å². The predicted molar refractivity (Wildman–Crippen MR) is 102 cm³/mol. The average Bonchev–Trinajstić information content (AvgIpc) is 2.97. The molecule has 0 bridgehead atoms. The topological polar surface area (TPSA) is 52.0 Å². The van der Waals surface area contributed by atoms with Crippen molar-refractivity contribution in [3.05, 3.63) is 62.7 Å². The minimum atomic E-state index is -4.15. The molecule has 1 heterocycles. The molecule has 148 valence electrons. The molecular formula is C17H10Br2F4N2O2S. The smallest absolute Gasteiger partial charge is 0.233 e. The van der Waals surface area contributed by atoms with Crippen molar-refractivity contribution in [2.75, 3.05) is 6.26 Å². The Bertz CT molecular complexity index is 1140. The van der Waals surface area contributed by atoms with Crippen LogP contribution in [0.3, 0.4) is 0 Å². The monoisotopic (exact) mass is 540 g/mol. The lowest BCUT2D eigenvalue weighted by Crippen LogP contribution is -2.06. The molecule has 1 aromatic heterocycles. The van der Waals surface area contributed by atoms with Crippen molar-refractivity contribution in [2.24, 2.45) is 0 Å². The number of halogens is 6. The molecule has 0 aliphatic carbocycles. The summed E-state index contributed by atoms with van der Waals surface area (Å²) in [7, 11) is -4.15. The summed E-state index contributed by atoms with van der Waals surface area (Å²) in [6, 6.07) is 7.40. The number of nitrogens with zero attached hydrogens (tertiary/aromatic N) is 2. The van der Waals surface area contributed by atoms with Gasteiger partial charge in [0, 0.05) is 20.8 Å². The van der Waals surface area contributed by atoms with Crippen LogP contribution in [-0.2, 0) is 9.84 Å². The highest BCUT2D eigenvalue weighted by molar-refractivity contribution is 9.11. The maximum absolute atomic E-state index is 14.3. The molecule has 3 aromatic rings. The number of alkyl halides is 2. The average molecular weight is 542 g/mol. The molecule has 0 saturated heterocycles. The van der Waals surface area contributed by atoms with Crippen molar-refractivity contribution in [1.82, 2.24) is 9.78 Å². The highest BCUT2D eigenvalue weighted by Gasteiger charge is 2.24. The fourth-order valence-corrected chi connectivity index (χ4v) is 4.73. The van der Waals surface area contributed by atoms with Gasteiger partial charge in [0.05, 0.1) is 11.4 Å². The summed E-state index contributed by atoms with van der Waals surface area (Å²) >= 11 is 6.55. The molecule has 11 heteroatoms. The highest BCUT2D eigenvalue weighted by atomic mass is 79.9. The third-order valence-electron chi connectivity index (χ3n) is 3.71. The molecule has 0 amide bonds. The Morgan fingerprint density at radius 1 is 0.964 bits per heavy atom. The van der Waals surface area contributed by atoms with E-state index in [4.69, 9.17) is 0 Å². The van der Waals surface area contributed by atoms with Gasteiger partial charge in [-0.15, -0.1) is 0 Å². The summed E-state index contributed by atoms with van der Waals surface area (Å²) in [4.78, 5) is -1.08. The lowest BCUT2D eigenvalue weighted by molar-refractivity contribution is 0.145. The number of aromatic nitrogens is 2. The Morgan fingerprint density at radius 3 is 1.96 bits per heavy atom. The zero-order valence-corrected chi connectivity index (χ0v) is 17.9. The molecule has 0 aliphatic heterocycles. The molecule has 0 unspecified atom stereocenters. The lowest BCUT2D eigenvalue weighted by Gasteiger charge is -2.11. The van der Waals surface area contributed by atoms with Gasteiger partial charge in [-0.1, -0.05) is 31.9 Å². The third-order valence-corrected chi connectivity index (χ3v) is 5.76. The molecule has 0 saturated carbocycles. The largest absolute Gasteiger partial charge is 0.282 e. The molecule has 0 radical (unpaired) electrons. The van der Waals surface area contributed by atoms with Crippen LogP contribution in [0.25, 0.3) is 16.9 Å². The molecule has 0 fully saturated rings. The van der Waals surface area contributed by atoms with E-state index in [0.29, 0.717) is 20.9 Å². The van der Waals surface area contributed by atoms with Crippen molar-refractivity contribution in [3.8, 4) is 16.9 Å². The second-order valence-electron chi connectivity index (χ2n) is 5.84. The second-order valence-corrected chi connectivity index (χ2v) is 9.62. The number of sulfone groups is 1. The van der Waals surface area contributed by atoms with Crippen LogP contribution in [0, 0.1) is 11.6 Å². The minimum Gasteiger partial charge on any atom is -0.233 e. The van der Waals surface area contributed by atoms with Gasteiger partial charge >= 0.3 is 0 Å². The Hall–Kier alpha value is -1.72. The zero-order valence-electron chi connectivity index (χ0n) is 13.9. The fourth-order valence-electron chi connectivity index (χ4n) is 2.63. The van der Waals surface area contributed by atoms with Crippen molar-refractivity contribution < 1.29 is 26.0 Å². The van der Waals surface area contributed by atoms with Gasteiger partial charge in [-0.3, -0.25) is 0 Å². The summed E-state index contributed by atoms with van der Waals surface area (Å²) in [6.45, 7) is 0. The van der Waals surface area contributed by atoms with E-state index in [1.807, 2.05) is 0 Å². The van der Waals surface area contributed by atoms with Crippen LogP contribution in [0.4, 0.5) is 17.6 Å². The van der Waals surface area contributed by atoms with Crippen molar-refractivity contribution in [1.29, 1.82) is 0 Å². The minimum absolute atomic E-state index is 0.0295. The maximum atomic E-state index is 14.3. The first-order valence-corrected chi connectivity index (χ1v) is 11.0. The Labute approximate surface area is 174 Å². The first-order chi connectivity index (χ1) is 13.0. The van der Waals surface area contributed by atoms with E-state index in [1.54, 1.807) is 18.2 Å². The Kier molecular flexibility index (Phi) is 5.70. The summed E-state index contributed by atoms with van der Waals surface area (Å²) in [5.41, 5.74) is -0.425. The number of hydrogen-bond acceptors (Lipinski definition) is 3. The van der Waals surface area contributed by atoms with Gasteiger partial charge < -0.3 is 0 Å². The van der Waals surface area contributed by atoms with Crippen LogP contribution in [0.5, 0.6) is 0 Å². The number of rotatable bonds is 4. The van der Waals surface area contributed by atoms with Crippen LogP contribution in [0.2, 0.25) is 0 Å². The third kappa shape index (κ3) is 4.15. The van der Waals surface area contributed by atoms with Crippen molar-refractivity contribution in [3.63, 3.8) is 0 Å². The Balaban J connectivity index is 2.28. The molecule has 0 aliphatic rings. The van der Waals surface area contributed by atoms with E-state index < -0.39 is 38.5 Å². The van der Waals surface area contributed by atoms with E-state index in [-0.39, 0.29) is 11.3 Å². The second kappa shape index (κ2) is 7.60. The van der Waals surface area contributed by atoms with Gasteiger partial charge in [-0.25, -0.2) is 30.7 Å². The van der Waals surface area contributed by atoms with Gasteiger partial charge in [0.15, 0.2) is 9.84 Å². The molecule has 0 N–H and O–H groups in total. The summed E-state index contributed by atoms with van der Waals surface area (Å²) in [6.07, 6.45) is -2.24. The number of hydrogen-bond donors (Lipinski definition) is 0. The van der Waals surface area contributed by atoms with Gasteiger partial charge in [0.1, 0.15) is 22.2 Å². The van der Waals surface area contributed by atoms with E-state index >= 15 is 0 Å².